The smallest absolute Gasteiger partial charge is 0.00282 e. The number of piperidine rings is 1. The Hall–Kier alpha value is -1.64. The zero-order valence-corrected chi connectivity index (χ0v) is 16.5. The number of aryl methyl sites for hydroxylation is 1. The molecular weight excluding hydrogens is 328 g/mol. The van der Waals surface area contributed by atoms with Gasteiger partial charge in [-0.25, -0.2) is 0 Å². The maximum absolute atomic E-state index is 3.64. The van der Waals surface area contributed by atoms with E-state index < -0.39 is 0 Å². The molecule has 0 amide bonds. The normalized spacial score (nSPS) is 24.3. The van der Waals surface area contributed by atoms with Crippen molar-refractivity contribution in [3.8, 4) is 0 Å². The lowest BCUT2D eigenvalue weighted by atomic mass is 9.87. The van der Waals surface area contributed by atoms with Crippen LogP contribution in [0.25, 0.3) is 0 Å². The largest absolute Gasteiger partial charge is 0.316 e. The summed E-state index contributed by atoms with van der Waals surface area (Å²) in [7, 11) is 0. The van der Waals surface area contributed by atoms with E-state index >= 15 is 0 Å². The van der Waals surface area contributed by atoms with Crippen molar-refractivity contribution in [3.05, 3.63) is 71.8 Å². The number of benzene rings is 2. The SMILES string of the molecule is c1ccc(CCCC2CCN(C[C@@H]3CNC[C@@H]3c3ccccc3)CC2)cc1. The van der Waals surface area contributed by atoms with Crippen LogP contribution < -0.4 is 5.32 Å². The van der Waals surface area contributed by atoms with E-state index in [9.17, 15) is 0 Å². The van der Waals surface area contributed by atoms with E-state index in [1.807, 2.05) is 0 Å². The van der Waals surface area contributed by atoms with Crippen LogP contribution in [0.15, 0.2) is 60.7 Å². The Kier molecular flexibility index (Phi) is 6.60. The van der Waals surface area contributed by atoms with Gasteiger partial charge in [0.15, 0.2) is 0 Å². The molecule has 0 aliphatic carbocycles. The van der Waals surface area contributed by atoms with Crippen molar-refractivity contribution >= 4 is 0 Å². The van der Waals surface area contributed by atoms with Gasteiger partial charge >= 0.3 is 0 Å². The first-order chi connectivity index (χ1) is 13.4. The second kappa shape index (κ2) is 9.52. The number of likely N-dealkylation sites (tertiary alicyclic amines) is 1. The van der Waals surface area contributed by atoms with E-state index in [0.29, 0.717) is 5.92 Å². The van der Waals surface area contributed by atoms with Gasteiger partial charge in [-0.3, -0.25) is 0 Å². The molecule has 2 heterocycles. The van der Waals surface area contributed by atoms with Crippen molar-refractivity contribution in [2.75, 3.05) is 32.7 Å². The molecule has 2 saturated heterocycles. The van der Waals surface area contributed by atoms with Crippen LogP contribution in [0.5, 0.6) is 0 Å². The summed E-state index contributed by atoms with van der Waals surface area (Å²) < 4.78 is 0. The highest BCUT2D eigenvalue weighted by molar-refractivity contribution is 5.22. The number of rotatable bonds is 7. The molecule has 0 aromatic heterocycles. The van der Waals surface area contributed by atoms with Gasteiger partial charge in [-0.15, -0.1) is 0 Å². The van der Waals surface area contributed by atoms with Gasteiger partial charge in [0.05, 0.1) is 0 Å². The van der Waals surface area contributed by atoms with Gasteiger partial charge in [-0.1, -0.05) is 67.1 Å². The van der Waals surface area contributed by atoms with Gasteiger partial charge in [0, 0.05) is 19.0 Å². The summed E-state index contributed by atoms with van der Waals surface area (Å²) >= 11 is 0. The zero-order valence-electron chi connectivity index (χ0n) is 16.5. The Morgan fingerprint density at radius 3 is 2.30 bits per heavy atom. The standard InChI is InChI=1S/C25H34N2/c1-3-8-21(9-4-1)10-7-11-22-14-16-27(17-15-22)20-24-18-26-19-25(24)23-12-5-2-6-13-23/h1-6,8-9,12-13,22,24-26H,7,10-11,14-20H2/t24-,25+/m0/s1. The van der Waals surface area contributed by atoms with Crippen LogP contribution in [0.1, 0.15) is 42.7 Å². The average Bonchev–Trinajstić information content (AvgIpc) is 3.19. The molecule has 2 atom stereocenters. The second-order valence-corrected chi connectivity index (χ2v) is 8.56. The molecule has 0 unspecified atom stereocenters. The molecule has 0 radical (unpaired) electrons. The highest BCUT2D eigenvalue weighted by Crippen LogP contribution is 2.30. The summed E-state index contributed by atoms with van der Waals surface area (Å²) in [6.07, 6.45) is 6.78. The summed E-state index contributed by atoms with van der Waals surface area (Å²) in [5.41, 5.74) is 3.01. The number of nitrogens with zero attached hydrogens (tertiary/aromatic N) is 1. The molecule has 2 aliphatic heterocycles. The van der Waals surface area contributed by atoms with Crippen LogP contribution >= 0.6 is 0 Å². The predicted octanol–water partition coefficient (Wildman–Crippen LogP) is 4.72. The number of hydrogen-bond acceptors (Lipinski definition) is 2. The molecule has 0 bridgehead atoms. The number of hydrogen-bond donors (Lipinski definition) is 1. The molecule has 2 fully saturated rings. The third-order valence-electron chi connectivity index (χ3n) is 6.69. The van der Waals surface area contributed by atoms with Crippen LogP contribution in [0.2, 0.25) is 0 Å². The van der Waals surface area contributed by atoms with Crippen molar-refractivity contribution in [3.63, 3.8) is 0 Å². The maximum atomic E-state index is 3.64. The fourth-order valence-corrected chi connectivity index (χ4v) is 5.04. The van der Waals surface area contributed by atoms with Gasteiger partial charge in [-0.2, -0.15) is 0 Å². The molecule has 2 nitrogen and oxygen atoms in total. The van der Waals surface area contributed by atoms with Crippen LogP contribution in [-0.4, -0.2) is 37.6 Å². The third-order valence-corrected chi connectivity index (χ3v) is 6.69. The Labute approximate surface area is 165 Å². The summed E-state index contributed by atoms with van der Waals surface area (Å²) in [6, 6.07) is 22.1. The quantitative estimate of drug-likeness (QED) is 0.766. The minimum absolute atomic E-state index is 0.690. The lowest BCUT2D eigenvalue weighted by Crippen LogP contribution is -2.38. The van der Waals surface area contributed by atoms with E-state index in [-0.39, 0.29) is 0 Å². The lowest BCUT2D eigenvalue weighted by Gasteiger charge is -2.34. The van der Waals surface area contributed by atoms with Gasteiger partial charge in [0.25, 0.3) is 0 Å². The van der Waals surface area contributed by atoms with Crippen molar-refractivity contribution in [2.24, 2.45) is 11.8 Å². The summed E-state index contributed by atoms with van der Waals surface area (Å²) in [5, 5.41) is 3.64. The van der Waals surface area contributed by atoms with E-state index in [0.717, 1.165) is 18.4 Å². The Morgan fingerprint density at radius 1 is 0.852 bits per heavy atom. The highest BCUT2D eigenvalue weighted by atomic mass is 15.1. The van der Waals surface area contributed by atoms with Gasteiger partial charge in [0.2, 0.25) is 0 Å². The topological polar surface area (TPSA) is 15.3 Å². The molecule has 2 heteroatoms. The van der Waals surface area contributed by atoms with Gasteiger partial charge < -0.3 is 10.2 Å². The predicted molar refractivity (Wildman–Crippen MR) is 114 cm³/mol. The van der Waals surface area contributed by atoms with E-state index in [2.05, 4.69) is 70.9 Å². The van der Waals surface area contributed by atoms with Crippen LogP contribution in [0, 0.1) is 11.8 Å². The minimum atomic E-state index is 0.690. The highest BCUT2D eigenvalue weighted by Gasteiger charge is 2.30. The first-order valence-electron chi connectivity index (χ1n) is 10.9. The van der Waals surface area contributed by atoms with E-state index in [1.165, 1.54) is 69.4 Å². The molecular formula is C25H34N2. The molecule has 0 spiro atoms. The Morgan fingerprint density at radius 2 is 1.56 bits per heavy atom. The Bertz CT molecular complexity index is 661. The lowest BCUT2D eigenvalue weighted by molar-refractivity contribution is 0.155. The molecule has 144 valence electrons. The van der Waals surface area contributed by atoms with Crippen LogP contribution in [0.4, 0.5) is 0 Å². The zero-order chi connectivity index (χ0) is 18.3. The summed E-state index contributed by atoms with van der Waals surface area (Å²) in [6.45, 7) is 6.19. The fourth-order valence-electron chi connectivity index (χ4n) is 5.04. The van der Waals surface area contributed by atoms with Crippen molar-refractivity contribution in [1.29, 1.82) is 0 Å². The summed E-state index contributed by atoms with van der Waals surface area (Å²) in [5.74, 6) is 2.40. The maximum Gasteiger partial charge on any atom is 0.00282 e. The molecule has 2 aliphatic rings. The molecule has 4 rings (SSSR count). The monoisotopic (exact) mass is 362 g/mol. The van der Waals surface area contributed by atoms with Crippen LogP contribution in [0.3, 0.4) is 0 Å². The second-order valence-electron chi connectivity index (χ2n) is 8.56. The van der Waals surface area contributed by atoms with Gasteiger partial charge in [0.1, 0.15) is 0 Å². The average molecular weight is 363 g/mol. The first kappa shape index (κ1) is 18.7. The Balaban J connectivity index is 1.19. The van der Waals surface area contributed by atoms with Crippen molar-refractivity contribution < 1.29 is 0 Å². The fraction of sp³-hybridized carbons (Fsp3) is 0.520. The van der Waals surface area contributed by atoms with E-state index in [1.54, 1.807) is 0 Å². The molecule has 2 aromatic rings. The van der Waals surface area contributed by atoms with Gasteiger partial charge in [-0.05, 0) is 68.3 Å². The first-order valence-corrected chi connectivity index (χ1v) is 10.9. The van der Waals surface area contributed by atoms with Crippen molar-refractivity contribution in [1.82, 2.24) is 10.2 Å². The third kappa shape index (κ3) is 5.21. The molecule has 27 heavy (non-hydrogen) atoms. The summed E-state index contributed by atoms with van der Waals surface area (Å²) in [4.78, 5) is 2.74. The van der Waals surface area contributed by atoms with Crippen molar-refractivity contribution in [2.45, 2.75) is 38.0 Å². The van der Waals surface area contributed by atoms with Crippen LogP contribution in [-0.2, 0) is 6.42 Å². The number of nitrogens with one attached hydrogen (secondary N) is 1. The molecule has 0 saturated carbocycles. The molecule has 2 aromatic carbocycles. The molecule has 1 N–H and O–H groups in total. The minimum Gasteiger partial charge on any atom is -0.316 e. The van der Waals surface area contributed by atoms with E-state index in [4.69, 9.17) is 0 Å².